The minimum absolute atomic E-state index is 0.0276. The summed E-state index contributed by atoms with van der Waals surface area (Å²) in [6.07, 6.45) is 6.88. The Balaban J connectivity index is 2.15. The second-order valence-electron chi connectivity index (χ2n) is 7.15. The monoisotopic (exact) mass is 240 g/mol. The van der Waals surface area contributed by atoms with Crippen molar-refractivity contribution < 1.29 is 9.84 Å². The highest BCUT2D eigenvalue weighted by atomic mass is 16.5. The van der Waals surface area contributed by atoms with Crippen molar-refractivity contribution in [3.05, 3.63) is 0 Å². The molecule has 1 aliphatic heterocycles. The van der Waals surface area contributed by atoms with Gasteiger partial charge in [0, 0.05) is 0 Å². The Morgan fingerprint density at radius 1 is 1.00 bits per heavy atom. The van der Waals surface area contributed by atoms with Crippen molar-refractivity contribution in [3.8, 4) is 0 Å². The van der Waals surface area contributed by atoms with Gasteiger partial charge in [-0.3, -0.25) is 0 Å². The first-order valence-corrected chi connectivity index (χ1v) is 7.20. The van der Waals surface area contributed by atoms with Gasteiger partial charge in [-0.2, -0.15) is 0 Å². The molecule has 2 rings (SSSR count). The molecule has 1 saturated carbocycles. The molecule has 2 aliphatic rings. The molecule has 1 N–H and O–H groups in total. The third-order valence-electron chi connectivity index (χ3n) is 4.69. The van der Waals surface area contributed by atoms with Gasteiger partial charge in [0.2, 0.25) is 0 Å². The number of aliphatic hydroxyl groups is 1. The lowest BCUT2D eigenvalue weighted by Crippen LogP contribution is -2.38. The summed E-state index contributed by atoms with van der Waals surface area (Å²) >= 11 is 0. The topological polar surface area (TPSA) is 29.5 Å². The van der Waals surface area contributed by atoms with Crippen molar-refractivity contribution in [1.82, 2.24) is 0 Å². The molecule has 1 saturated heterocycles. The van der Waals surface area contributed by atoms with E-state index >= 15 is 0 Å². The van der Waals surface area contributed by atoms with Gasteiger partial charge in [-0.1, -0.05) is 19.3 Å². The summed E-state index contributed by atoms with van der Waals surface area (Å²) in [7, 11) is 0. The van der Waals surface area contributed by atoms with E-state index in [0.717, 1.165) is 12.8 Å². The maximum atomic E-state index is 10.4. The van der Waals surface area contributed by atoms with Crippen molar-refractivity contribution >= 4 is 0 Å². The van der Waals surface area contributed by atoms with Crippen LogP contribution in [0.1, 0.15) is 66.2 Å². The molecule has 3 unspecified atom stereocenters. The fourth-order valence-corrected chi connectivity index (χ4v) is 4.06. The van der Waals surface area contributed by atoms with E-state index in [2.05, 4.69) is 27.7 Å². The highest BCUT2D eigenvalue weighted by Crippen LogP contribution is 2.48. The van der Waals surface area contributed by atoms with E-state index in [1.807, 2.05) is 0 Å². The van der Waals surface area contributed by atoms with Gasteiger partial charge in [-0.25, -0.2) is 0 Å². The average Bonchev–Trinajstić information content (AvgIpc) is 2.36. The van der Waals surface area contributed by atoms with Crippen LogP contribution < -0.4 is 0 Å². The van der Waals surface area contributed by atoms with Gasteiger partial charge in [-0.15, -0.1) is 0 Å². The second kappa shape index (κ2) is 4.55. The Bertz CT molecular complexity index is 270. The predicted octanol–water partition coefficient (Wildman–Crippen LogP) is 3.52. The van der Waals surface area contributed by atoms with Gasteiger partial charge in [0.25, 0.3) is 0 Å². The number of ether oxygens (including phenoxy) is 1. The fourth-order valence-electron chi connectivity index (χ4n) is 4.06. The summed E-state index contributed by atoms with van der Waals surface area (Å²) in [6.45, 7) is 8.75. The van der Waals surface area contributed by atoms with E-state index in [4.69, 9.17) is 4.74 Å². The molecule has 0 aromatic heterocycles. The Kier molecular flexibility index (Phi) is 3.57. The van der Waals surface area contributed by atoms with Gasteiger partial charge < -0.3 is 9.84 Å². The molecule has 2 fully saturated rings. The van der Waals surface area contributed by atoms with E-state index in [-0.39, 0.29) is 17.3 Å². The van der Waals surface area contributed by atoms with Crippen LogP contribution in [-0.4, -0.2) is 22.4 Å². The minimum Gasteiger partial charge on any atom is -0.393 e. The van der Waals surface area contributed by atoms with Gasteiger partial charge in [-0.05, 0) is 58.8 Å². The zero-order chi connectivity index (χ0) is 12.7. The normalized spacial score (nSPS) is 41.1. The van der Waals surface area contributed by atoms with Crippen molar-refractivity contribution in [2.45, 2.75) is 83.5 Å². The molecule has 17 heavy (non-hydrogen) atoms. The highest BCUT2D eigenvalue weighted by Gasteiger charge is 2.50. The summed E-state index contributed by atoms with van der Waals surface area (Å²) < 4.78 is 6.18. The molecule has 0 amide bonds. The zero-order valence-corrected chi connectivity index (χ0v) is 11.8. The van der Waals surface area contributed by atoms with Gasteiger partial charge in [0.1, 0.15) is 0 Å². The molecule has 0 aromatic rings. The van der Waals surface area contributed by atoms with Gasteiger partial charge in [0.05, 0.1) is 17.3 Å². The van der Waals surface area contributed by atoms with E-state index in [1.54, 1.807) is 0 Å². The van der Waals surface area contributed by atoms with Crippen molar-refractivity contribution in [1.29, 1.82) is 0 Å². The van der Waals surface area contributed by atoms with E-state index in [1.165, 1.54) is 25.7 Å². The molecule has 0 spiro atoms. The van der Waals surface area contributed by atoms with Crippen LogP contribution in [0, 0.1) is 11.8 Å². The van der Waals surface area contributed by atoms with E-state index in [9.17, 15) is 5.11 Å². The Morgan fingerprint density at radius 3 is 2.24 bits per heavy atom. The van der Waals surface area contributed by atoms with Crippen LogP contribution in [0.4, 0.5) is 0 Å². The molecule has 0 radical (unpaired) electrons. The minimum atomic E-state index is -0.112. The number of hydrogen-bond acceptors (Lipinski definition) is 2. The summed E-state index contributed by atoms with van der Waals surface area (Å²) in [5, 5.41) is 10.4. The third-order valence-corrected chi connectivity index (χ3v) is 4.69. The smallest absolute Gasteiger partial charge is 0.0666 e. The van der Waals surface area contributed by atoms with Crippen LogP contribution in [0.25, 0.3) is 0 Å². The standard InChI is InChI=1S/C15H28O2/c1-14(2)10-12(15(3,4)17-14)11-8-6-5-7-9-13(11)16/h11-13,16H,5-10H2,1-4H3. The molecule has 3 atom stereocenters. The predicted molar refractivity (Wildman–Crippen MR) is 69.9 cm³/mol. The third kappa shape index (κ3) is 2.85. The highest BCUT2D eigenvalue weighted by molar-refractivity contribution is 4.99. The first-order valence-electron chi connectivity index (χ1n) is 7.20. The molecule has 1 heterocycles. The van der Waals surface area contributed by atoms with Gasteiger partial charge in [0.15, 0.2) is 0 Å². The van der Waals surface area contributed by atoms with Crippen molar-refractivity contribution in [2.24, 2.45) is 11.8 Å². The lowest BCUT2D eigenvalue weighted by molar-refractivity contribution is -0.0877. The second-order valence-corrected chi connectivity index (χ2v) is 7.15. The molecule has 100 valence electrons. The van der Waals surface area contributed by atoms with Crippen LogP contribution in [0.3, 0.4) is 0 Å². The molecule has 2 heteroatoms. The van der Waals surface area contributed by atoms with E-state index < -0.39 is 0 Å². The molecular formula is C15H28O2. The quantitative estimate of drug-likeness (QED) is 0.711. The Labute approximate surface area is 106 Å². The molecule has 2 nitrogen and oxygen atoms in total. The Hall–Kier alpha value is -0.0800. The molecule has 0 aromatic carbocycles. The van der Waals surface area contributed by atoms with Crippen LogP contribution in [0.5, 0.6) is 0 Å². The lowest BCUT2D eigenvalue weighted by atomic mass is 9.73. The molecule has 0 bridgehead atoms. The maximum absolute atomic E-state index is 10.4. The van der Waals surface area contributed by atoms with Crippen molar-refractivity contribution in [2.75, 3.05) is 0 Å². The first-order chi connectivity index (χ1) is 7.82. The Morgan fingerprint density at radius 2 is 1.65 bits per heavy atom. The van der Waals surface area contributed by atoms with Crippen molar-refractivity contribution in [3.63, 3.8) is 0 Å². The number of rotatable bonds is 1. The van der Waals surface area contributed by atoms with E-state index in [0.29, 0.717) is 11.8 Å². The van der Waals surface area contributed by atoms with Crippen LogP contribution in [0.2, 0.25) is 0 Å². The first kappa shape index (κ1) is 13.4. The van der Waals surface area contributed by atoms with Crippen LogP contribution in [-0.2, 0) is 4.74 Å². The summed E-state index contributed by atoms with van der Waals surface area (Å²) in [6, 6.07) is 0. The SMILES string of the molecule is CC1(C)CC(C2CCCCCC2O)C(C)(C)O1. The molecular weight excluding hydrogens is 212 g/mol. The summed E-state index contributed by atoms with van der Waals surface area (Å²) in [5.74, 6) is 0.944. The van der Waals surface area contributed by atoms with Crippen LogP contribution >= 0.6 is 0 Å². The number of hydrogen-bond donors (Lipinski definition) is 1. The summed E-state index contributed by atoms with van der Waals surface area (Å²) in [4.78, 5) is 0. The summed E-state index contributed by atoms with van der Waals surface area (Å²) in [5.41, 5.74) is -0.111. The number of aliphatic hydroxyl groups excluding tert-OH is 1. The largest absolute Gasteiger partial charge is 0.393 e. The average molecular weight is 240 g/mol. The lowest BCUT2D eigenvalue weighted by Gasteiger charge is -2.34. The van der Waals surface area contributed by atoms with Crippen LogP contribution in [0.15, 0.2) is 0 Å². The zero-order valence-electron chi connectivity index (χ0n) is 11.8. The maximum Gasteiger partial charge on any atom is 0.0666 e. The fraction of sp³-hybridized carbons (Fsp3) is 1.00. The molecule has 1 aliphatic carbocycles. The van der Waals surface area contributed by atoms with Gasteiger partial charge >= 0.3 is 0 Å².